The van der Waals surface area contributed by atoms with Gasteiger partial charge in [0.15, 0.2) is 5.15 Å². The van der Waals surface area contributed by atoms with Crippen molar-refractivity contribution in [1.82, 2.24) is 9.78 Å². The van der Waals surface area contributed by atoms with Gasteiger partial charge in [0, 0.05) is 19.2 Å². The van der Waals surface area contributed by atoms with Gasteiger partial charge in [-0.1, -0.05) is 11.6 Å². The minimum absolute atomic E-state index is 0.0106. The van der Waals surface area contributed by atoms with Crippen LogP contribution in [0.3, 0.4) is 0 Å². The number of nitriles is 1. The van der Waals surface area contributed by atoms with Crippen LogP contribution in [0, 0.1) is 16.7 Å². The Bertz CT molecular complexity index is 1420. The second-order valence-corrected chi connectivity index (χ2v) is 12.0. The number of nitrogens with zero attached hydrogens (tertiary/aromatic N) is 5. The number of halogens is 4. The maximum Gasteiger partial charge on any atom is 0.412 e. The normalized spacial score (nSPS) is 18.8. The van der Waals surface area contributed by atoms with Crippen LogP contribution in [0.4, 0.5) is 29.3 Å². The van der Waals surface area contributed by atoms with Crippen LogP contribution >= 0.6 is 11.6 Å². The van der Waals surface area contributed by atoms with Crippen molar-refractivity contribution in [2.75, 3.05) is 15.7 Å². The van der Waals surface area contributed by atoms with Crippen LogP contribution < -0.4 is 13.9 Å². The number of hydrogen-bond donors (Lipinski definition) is 1. The van der Waals surface area contributed by atoms with Gasteiger partial charge in [0.25, 0.3) is 10.0 Å². The van der Waals surface area contributed by atoms with Crippen molar-refractivity contribution in [1.29, 1.82) is 5.26 Å². The molecule has 0 bridgehead atoms. The number of carbonyl (C=O) groups is 1. The van der Waals surface area contributed by atoms with Gasteiger partial charge in [-0.3, -0.25) is 13.9 Å². The Balaban J connectivity index is 1.85. The number of fused-ring (bicyclic) bond motifs is 1. The lowest BCUT2D eigenvalue weighted by Crippen LogP contribution is -2.57. The molecule has 2 aromatic rings. The molecule has 0 spiro atoms. The van der Waals surface area contributed by atoms with E-state index in [4.69, 9.17) is 16.3 Å². The van der Waals surface area contributed by atoms with E-state index >= 15 is 0 Å². The number of alkyl halides is 3. The Morgan fingerprint density at radius 2 is 2.03 bits per heavy atom. The molecule has 2 aliphatic rings. The average molecular weight is 576 g/mol. The van der Waals surface area contributed by atoms with Crippen molar-refractivity contribution in [3.63, 3.8) is 0 Å². The second kappa shape index (κ2) is 9.23. The molecule has 0 radical (unpaired) electrons. The summed E-state index contributed by atoms with van der Waals surface area (Å²) >= 11 is 6.14. The molecule has 1 fully saturated rings. The third-order valence-electron chi connectivity index (χ3n) is 6.86. The predicted molar refractivity (Wildman–Crippen MR) is 131 cm³/mol. The third kappa shape index (κ3) is 4.73. The Morgan fingerprint density at radius 3 is 2.53 bits per heavy atom. The largest absolute Gasteiger partial charge is 0.486 e. The van der Waals surface area contributed by atoms with Crippen molar-refractivity contribution in [3.05, 3.63) is 29.5 Å². The standard InChI is InChI=1S/C23H25ClF3N5O5S/c1-4-30-12-18(19(24)29-30)38(35,36)31-11-15(10-22(13-28)7-8-22)37-17-6-5-14(9-16(17)31)32(20(33)34)21(2,3)23(25,26)27/h5-6,9,12,15H,4,7-8,10-11H2,1-3H3,(H,33,34)/t15-/m1/s1. The van der Waals surface area contributed by atoms with E-state index in [0.29, 0.717) is 33.2 Å². The Labute approximate surface area is 222 Å². The number of ether oxygens (including phenoxy) is 1. The SMILES string of the molecule is CCn1cc(S(=O)(=O)N2C[C@@H](CC3(C#N)CC3)Oc3ccc(N(C(=O)O)C(C)(C)C(F)(F)F)cc32)c(Cl)n1. The van der Waals surface area contributed by atoms with Gasteiger partial charge >= 0.3 is 12.3 Å². The summed E-state index contributed by atoms with van der Waals surface area (Å²) in [6, 6.07) is 5.61. The number of carboxylic acid groups (broad SMARTS) is 1. The number of anilines is 2. The van der Waals surface area contributed by atoms with Crippen LogP contribution in [0.1, 0.15) is 40.0 Å². The minimum Gasteiger partial charge on any atom is -0.486 e. The number of hydrogen-bond acceptors (Lipinski definition) is 6. The number of rotatable bonds is 7. The highest BCUT2D eigenvalue weighted by Crippen LogP contribution is 2.51. The van der Waals surface area contributed by atoms with Gasteiger partial charge in [-0.05, 0) is 51.8 Å². The molecule has 15 heteroatoms. The zero-order valence-corrected chi connectivity index (χ0v) is 22.2. The quantitative estimate of drug-likeness (QED) is 0.490. The maximum atomic E-state index is 13.8. The summed E-state index contributed by atoms with van der Waals surface area (Å²) in [6.45, 7) is 3.19. The van der Waals surface area contributed by atoms with Gasteiger partial charge in [-0.15, -0.1) is 0 Å². The molecule has 1 aromatic heterocycles. The number of amides is 1. The monoisotopic (exact) mass is 575 g/mol. The molecule has 1 N–H and O–H groups in total. The number of aryl methyl sites for hydroxylation is 1. The number of benzene rings is 1. The van der Waals surface area contributed by atoms with Crippen LogP contribution in [0.2, 0.25) is 5.15 Å². The van der Waals surface area contributed by atoms with E-state index in [9.17, 15) is 36.8 Å². The Morgan fingerprint density at radius 1 is 1.37 bits per heavy atom. The summed E-state index contributed by atoms with van der Waals surface area (Å²) in [7, 11) is -4.43. The first-order chi connectivity index (χ1) is 17.6. The zero-order valence-electron chi connectivity index (χ0n) is 20.7. The van der Waals surface area contributed by atoms with Crippen molar-refractivity contribution in [2.24, 2.45) is 5.41 Å². The van der Waals surface area contributed by atoms with E-state index in [1.807, 2.05) is 0 Å². The lowest BCUT2D eigenvalue weighted by molar-refractivity contribution is -0.175. The summed E-state index contributed by atoms with van der Waals surface area (Å²) in [4.78, 5) is 11.8. The molecular weight excluding hydrogens is 551 g/mol. The summed E-state index contributed by atoms with van der Waals surface area (Å²) in [5.74, 6) is 0.0106. The molecule has 38 heavy (non-hydrogen) atoms. The average Bonchev–Trinajstić information content (AvgIpc) is 3.48. The smallest absolute Gasteiger partial charge is 0.412 e. The van der Waals surface area contributed by atoms with Crippen LogP contribution in [-0.2, 0) is 16.6 Å². The summed E-state index contributed by atoms with van der Waals surface area (Å²) in [5.41, 5.74) is -4.05. The van der Waals surface area contributed by atoms with E-state index in [-0.39, 0.29) is 39.4 Å². The molecule has 1 saturated carbocycles. The van der Waals surface area contributed by atoms with Gasteiger partial charge in [-0.25, -0.2) is 13.2 Å². The molecule has 2 heterocycles. The van der Waals surface area contributed by atoms with Gasteiger partial charge in [0.2, 0.25) is 0 Å². The first kappa shape index (κ1) is 27.8. The highest BCUT2D eigenvalue weighted by Gasteiger charge is 2.54. The summed E-state index contributed by atoms with van der Waals surface area (Å²) in [5, 5.41) is 22.9. The molecule has 1 atom stereocenters. The van der Waals surface area contributed by atoms with Crippen LogP contribution in [0.25, 0.3) is 0 Å². The third-order valence-corrected chi connectivity index (χ3v) is 9.04. The van der Waals surface area contributed by atoms with Crippen molar-refractivity contribution >= 4 is 39.1 Å². The molecule has 0 unspecified atom stereocenters. The molecule has 206 valence electrons. The fourth-order valence-corrected chi connectivity index (χ4v) is 6.30. The molecule has 1 amide bonds. The second-order valence-electron chi connectivity index (χ2n) is 9.84. The van der Waals surface area contributed by atoms with Crippen molar-refractivity contribution < 1.29 is 36.2 Å². The van der Waals surface area contributed by atoms with Crippen LogP contribution in [-0.4, -0.2) is 53.8 Å². The van der Waals surface area contributed by atoms with E-state index in [0.717, 1.165) is 16.4 Å². The van der Waals surface area contributed by atoms with E-state index in [2.05, 4.69) is 11.2 Å². The Hall–Kier alpha value is -3.18. The summed E-state index contributed by atoms with van der Waals surface area (Å²) in [6.07, 6.45) is -4.82. The van der Waals surface area contributed by atoms with Gasteiger partial charge in [-0.2, -0.15) is 23.5 Å². The summed E-state index contributed by atoms with van der Waals surface area (Å²) < 4.78 is 77.3. The fourth-order valence-electron chi connectivity index (χ4n) is 4.35. The lowest BCUT2D eigenvalue weighted by atomic mass is 9.99. The lowest BCUT2D eigenvalue weighted by Gasteiger charge is -2.40. The molecule has 0 saturated heterocycles. The van der Waals surface area contributed by atoms with Gasteiger partial charge < -0.3 is 9.84 Å². The van der Waals surface area contributed by atoms with Crippen molar-refractivity contribution in [3.8, 4) is 11.8 Å². The molecule has 1 aromatic carbocycles. The zero-order chi connectivity index (χ0) is 28.3. The van der Waals surface area contributed by atoms with Gasteiger partial charge in [0.1, 0.15) is 22.3 Å². The molecule has 10 nitrogen and oxygen atoms in total. The van der Waals surface area contributed by atoms with E-state index in [1.165, 1.54) is 16.9 Å². The molecular formula is C23H25ClF3N5O5S. The van der Waals surface area contributed by atoms with Gasteiger partial charge in [0.05, 0.1) is 29.4 Å². The highest BCUT2D eigenvalue weighted by atomic mass is 35.5. The maximum absolute atomic E-state index is 13.8. The Kier molecular flexibility index (Phi) is 6.76. The minimum atomic E-state index is -4.94. The topological polar surface area (TPSA) is 129 Å². The predicted octanol–water partition coefficient (Wildman–Crippen LogP) is 5.03. The molecule has 4 rings (SSSR count). The van der Waals surface area contributed by atoms with E-state index in [1.54, 1.807) is 6.92 Å². The van der Waals surface area contributed by atoms with E-state index < -0.39 is 45.0 Å². The number of sulfonamides is 1. The van der Waals surface area contributed by atoms with Crippen molar-refractivity contribution in [2.45, 2.75) is 69.3 Å². The fraction of sp³-hybridized carbons (Fsp3) is 0.522. The number of aromatic nitrogens is 2. The highest BCUT2D eigenvalue weighted by molar-refractivity contribution is 7.93. The first-order valence-electron chi connectivity index (χ1n) is 11.6. The molecule has 1 aliphatic carbocycles. The first-order valence-corrected chi connectivity index (χ1v) is 13.5. The van der Waals surface area contributed by atoms with Crippen LogP contribution in [0.5, 0.6) is 5.75 Å². The van der Waals surface area contributed by atoms with Crippen LogP contribution in [0.15, 0.2) is 29.3 Å². The molecule has 1 aliphatic heterocycles.